The van der Waals surface area contributed by atoms with Gasteiger partial charge in [-0.15, -0.1) is 0 Å². The second-order valence-electron chi connectivity index (χ2n) is 8.16. The smallest absolute Gasteiger partial charge is 0.422 e. The number of aliphatic hydroxyl groups excluding tert-OH is 1. The van der Waals surface area contributed by atoms with Gasteiger partial charge in [-0.1, -0.05) is 6.07 Å². The molecule has 0 fully saturated rings. The number of nitrogens with zero attached hydrogens (tertiary/aromatic N) is 5. The van der Waals surface area contributed by atoms with E-state index >= 15 is 0 Å². The lowest BCUT2D eigenvalue weighted by atomic mass is 10.1. The lowest BCUT2D eigenvalue weighted by Crippen LogP contribution is -2.20. The fourth-order valence-electron chi connectivity index (χ4n) is 3.66. The van der Waals surface area contributed by atoms with E-state index < -0.39 is 12.8 Å². The van der Waals surface area contributed by atoms with Crippen molar-refractivity contribution in [3.63, 3.8) is 0 Å². The number of benzene rings is 2. The monoisotopic (exact) mass is 527 g/mol. The molecule has 4 rings (SSSR count). The van der Waals surface area contributed by atoms with Gasteiger partial charge in [0.2, 0.25) is 5.88 Å². The van der Waals surface area contributed by atoms with Crippen LogP contribution in [0.25, 0.3) is 10.9 Å². The standard InChI is InChI=1S/C26H24F3N5O4/c1-33(19-4-6-20(37-2)7-5-19)25-22(9-10-24(31-25)38-16-26(27,28)29)30-23(15-36)17-3-8-21-18(13-17)14-34(32-21)11-12-35/h3-10,13-15,35H,11-12,16H2,1-2H3/b30-23+. The van der Waals surface area contributed by atoms with Crippen molar-refractivity contribution in [1.29, 1.82) is 0 Å². The minimum Gasteiger partial charge on any atom is -0.497 e. The minimum absolute atomic E-state index is 0.0674. The van der Waals surface area contributed by atoms with Gasteiger partial charge in [0.15, 0.2) is 18.7 Å². The normalized spacial score (nSPS) is 12.0. The molecule has 12 heteroatoms. The van der Waals surface area contributed by atoms with Crippen molar-refractivity contribution in [3.8, 4) is 11.6 Å². The molecule has 9 nitrogen and oxygen atoms in total. The molecule has 2 aromatic heterocycles. The molecule has 198 valence electrons. The van der Waals surface area contributed by atoms with Crippen LogP contribution in [0.4, 0.5) is 30.4 Å². The van der Waals surface area contributed by atoms with Crippen molar-refractivity contribution in [1.82, 2.24) is 14.8 Å². The molecular formula is C26H24F3N5O4. The van der Waals surface area contributed by atoms with Crippen molar-refractivity contribution in [3.05, 3.63) is 66.4 Å². The zero-order valence-corrected chi connectivity index (χ0v) is 20.5. The molecule has 2 aromatic carbocycles. The quantitative estimate of drug-likeness (QED) is 0.240. The molecular weight excluding hydrogens is 503 g/mol. The highest BCUT2D eigenvalue weighted by atomic mass is 19.4. The number of hydrogen-bond acceptors (Lipinski definition) is 8. The molecule has 0 saturated carbocycles. The number of pyridine rings is 1. The molecule has 0 atom stereocenters. The topological polar surface area (TPSA) is 102 Å². The van der Waals surface area contributed by atoms with Gasteiger partial charge in [0.05, 0.1) is 25.8 Å². The third-order valence-electron chi connectivity index (χ3n) is 5.52. The van der Waals surface area contributed by atoms with E-state index in [1.165, 1.54) is 19.2 Å². The predicted molar refractivity (Wildman–Crippen MR) is 136 cm³/mol. The molecule has 0 aliphatic heterocycles. The summed E-state index contributed by atoms with van der Waals surface area (Å²) in [6.45, 7) is -1.24. The zero-order chi connectivity index (χ0) is 27.3. The molecule has 0 saturated heterocycles. The number of ether oxygens (including phenoxy) is 2. The van der Waals surface area contributed by atoms with Crippen molar-refractivity contribution in [2.75, 3.05) is 32.3 Å². The van der Waals surface area contributed by atoms with E-state index in [2.05, 4.69) is 15.1 Å². The number of aromatic nitrogens is 3. The first-order valence-corrected chi connectivity index (χ1v) is 11.4. The summed E-state index contributed by atoms with van der Waals surface area (Å²) in [7, 11) is 3.20. The van der Waals surface area contributed by atoms with Gasteiger partial charge < -0.3 is 19.5 Å². The number of hydrogen-bond donors (Lipinski definition) is 1. The second-order valence-corrected chi connectivity index (χ2v) is 8.16. The third kappa shape index (κ3) is 6.27. The van der Waals surface area contributed by atoms with Crippen molar-refractivity contribution in [2.45, 2.75) is 12.7 Å². The van der Waals surface area contributed by atoms with Crippen molar-refractivity contribution in [2.24, 2.45) is 4.99 Å². The van der Waals surface area contributed by atoms with E-state index in [1.54, 1.807) is 65.3 Å². The Kier molecular flexibility index (Phi) is 7.91. The van der Waals surface area contributed by atoms with Crippen LogP contribution in [0.1, 0.15) is 5.56 Å². The molecule has 0 spiro atoms. The Morgan fingerprint density at radius 3 is 2.58 bits per heavy atom. The molecule has 0 aliphatic carbocycles. The lowest BCUT2D eigenvalue weighted by Gasteiger charge is -2.21. The summed E-state index contributed by atoms with van der Waals surface area (Å²) < 4.78 is 49.8. The minimum atomic E-state index is -4.53. The van der Waals surface area contributed by atoms with Crippen LogP contribution >= 0.6 is 0 Å². The molecule has 0 aliphatic rings. The van der Waals surface area contributed by atoms with Gasteiger partial charge in [-0.25, -0.2) is 4.99 Å². The average Bonchev–Trinajstić information content (AvgIpc) is 3.32. The van der Waals surface area contributed by atoms with Gasteiger partial charge in [-0.3, -0.25) is 9.48 Å². The average molecular weight is 528 g/mol. The second kappa shape index (κ2) is 11.3. The Balaban J connectivity index is 1.75. The summed E-state index contributed by atoms with van der Waals surface area (Å²) in [5, 5.41) is 14.2. The summed E-state index contributed by atoms with van der Waals surface area (Å²) in [5.41, 5.74) is 2.15. The number of rotatable bonds is 10. The SMILES string of the molecule is COc1ccc(N(C)c2nc(OCC(F)(F)F)ccc2/N=C(\C=O)c2ccc3nn(CCO)cc3c2)cc1. The Labute approximate surface area is 215 Å². The molecule has 0 unspecified atom stereocenters. The van der Waals surface area contributed by atoms with E-state index in [0.717, 1.165) is 5.39 Å². The predicted octanol–water partition coefficient (Wildman–Crippen LogP) is 4.46. The highest BCUT2D eigenvalue weighted by molar-refractivity contribution is 6.37. The summed E-state index contributed by atoms with van der Waals surface area (Å²) >= 11 is 0. The van der Waals surface area contributed by atoms with E-state index in [1.807, 2.05) is 0 Å². The molecule has 0 bridgehead atoms. The Hall–Kier alpha value is -4.45. The van der Waals surface area contributed by atoms with Gasteiger partial charge >= 0.3 is 6.18 Å². The molecule has 0 amide bonds. The fourth-order valence-corrected chi connectivity index (χ4v) is 3.66. The Bertz CT molecular complexity index is 1450. The van der Waals surface area contributed by atoms with Crippen LogP contribution < -0.4 is 14.4 Å². The molecule has 0 radical (unpaired) electrons. The first-order chi connectivity index (χ1) is 18.2. The first kappa shape index (κ1) is 26.6. The van der Waals surface area contributed by atoms with Crippen LogP contribution in [0.15, 0.2) is 65.8 Å². The number of aliphatic imine (C=N–C) groups is 1. The number of aldehydes is 1. The summed E-state index contributed by atoms with van der Waals surface area (Å²) in [5.74, 6) is 0.546. The number of halogens is 3. The molecule has 38 heavy (non-hydrogen) atoms. The van der Waals surface area contributed by atoms with E-state index in [9.17, 15) is 18.0 Å². The Morgan fingerprint density at radius 2 is 1.92 bits per heavy atom. The maximum atomic E-state index is 12.7. The third-order valence-corrected chi connectivity index (χ3v) is 5.52. The van der Waals surface area contributed by atoms with Crippen LogP contribution in [-0.4, -0.2) is 65.4 Å². The zero-order valence-electron chi connectivity index (χ0n) is 20.5. The van der Waals surface area contributed by atoms with Crippen LogP contribution in [0.2, 0.25) is 0 Å². The highest BCUT2D eigenvalue weighted by Gasteiger charge is 2.29. The lowest BCUT2D eigenvalue weighted by molar-refractivity contribution is -0.154. The summed E-state index contributed by atoms with van der Waals surface area (Å²) in [6, 6.07) is 14.8. The van der Waals surface area contributed by atoms with Crippen LogP contribution in [0.5, 0.6) is 11.6 Å². The Morgan fingerprint density at radius 1 is 1.16 bits per heavy atom. The van der Waals surface area contributed by atoms with Gasteiger partial charge in [0.1, 0.15) is 17.1 Å². The number of alkyl halides is 3. The van der Waals surface area contributed by atoms with Crippen LogP contribution in [-0.2, 0) is 11.3 Å². The van der Waals surface area contributed by atoms with Gasteiger partial charge in [-0.2, -0.15) is 23.3 Å². The number of aliphatic hydroxyl groups is 1. The highest BCUT2D eigenvalue weighted by Crippen LogP contribution is 2.34. The number of fused-ring (bicyclic) bond motifs is 1. The van der Waals surface area contributed by atoms with Crippen LogP contribution in [0, 0.1) is 0 Å². The van der Waals surface area contributed by atoms with E-state index in [-0.39, 0.29) is 29.7 Å². The number of carbonyl (C=O) groups is 1. The number of anilines is 2. The molecule has 4 aromatic rings. The number of methoxy groups -OCH3 is 1. The molecule has 1 N–H and O–H groups in total. The summed E-state index contributed by atoms with van der Waals surface area (Å²) in [4.78, 5) is 22.5. The number of carbonyl (C=O) groups excluding carboxylic acids is 1. The fraction of sp³-hybridized carbons (Fsp3) is 0.231. The van der Waals surface area contributed by atoms with Crippen molar-refractivity contribution < 1.29 is 32.5 Å². The maximum absolute atomic E-state index is 12.7. The summed E-state index contributed by atoms with van der Waals surface area (Å²) in [6.07, 6.45) is -2.20. The first-order valence-electron chi connectivity index (χ1n) is 11.4. The largest absolute Gasteiger partial charge is 0.497 e. The maximum Gasteiger partial charge on any atom is 0.422 e. The van der Waals surface area contributed by atoms with E-state index in [4.69, 9.17) is 14.6 Å². The van der Waals surface area contributed by atoms with Gasteiger partial charge in [0, 0.05) is 35.9 Å². The van der Waals surface area contributed by atoms with Crippen molar-refractivity contribution >= 4 is 40.1 Å². The van der Waals surface area contributed by atoms with E-state index in [0.29, 0.717) is 35.3 Å². The van der Waals surface area contributed by atoms with Gasteiger partial charge in [-0.05, 0) is 42.5 Å². The molecule has 2 heterocycles. The van der Waals surface area contributed by atoms with Gasteiger partial charge in [0.25, 0.3) is 0 Å². The van der Waals surface area contributed by atoms with Crippen LogP contribution in [0.3, 0.4) is 0 Å².